The molecule has 0 aromatic carbocycles. The van der Waals surface area contributed by atoms with Crippen molar-refractivity contribution in [1.29, 1.82) is 0 Å². The fraction of sp³-hybridized carbons (Fsp3) is 0.769. The van der Waals surface area contributed by atoms with Crippen LogP contribution in [0.1, 0.15) is 44.9 Å². The van der Waals surface area contributed by atoms with E-state index in [4.69, 9.17) is 5.73 Å². The van der Waals surface area contributed by atoms with Gasteiger partial charge in [-0.1, -0.05) is 19.8 Å². The van der Waals surface area contributed by atoms with Gasteiger partial charge in [0.1, 0.15) is 5.82 Å². The van der Waals surface area contributed by atoms with Crippen LogP contribution >= 0.6 is 0 Å². The van der Waals surface area contributed by atoms with Gasteiger partial charge in [-0.05, 0) is 32.7 Å². The number of rotatable bonds is 10. The van der Waals surface area contributed by atoms with E-state index in [-0.39, 0.29) is 5.03 Å². The van der Waals surface area contributed by atoms with Gasteiger partial charge in [-0.25, -0.2) is 18.1 Å². The minimum atomic E-state index is -3.48. The Balaban J connectivity index is 2.49. The minimum absolute atomic E-state index is 0.116. The zero-order valence-corrected chi connectivity index (χ0v) is 13.2. The van der Waals surface area contributed by atoms with Crippen LogP contribution in [0.4, 0.5) is 0 Å². The van der Waals surface area contributed by atoms with Crippen molar-refractivity contribution in [1.82, 2.24) is 14.3 Å². The molecule has 6 nitrogen and oxygen atoms in total. The maximum absolute atomic E-state index is 12.1. The Labute approximate surface area is 121 Å². The van der Waals surface area contributed by atoms with Crippen molar-refractivity contribution >= 4 is 10.0 Å². The van der Waals surface area contributed by atoms with E-state index in [0.29, 0.717) is 13.1 Å². The van der Waals surface area contributed by atoms with Crippen LogP contribution in [0.5, 0.6) is 0 Å². The molecule has 1 rings (SSSR count). The van der Waals surface area contributed by atoms with Gasteiger partial charge in [0.15, 0.2) is 5.03 Å². The fourth-order valence-electron chi connectivity index (χ4n) is 1.98. The minimum Gasteiger partial charge on any atom is -0.334 e. The molecule has 0 radical (unpaired) electrons. The third-order valence-corrected chi connectivity index (χ3v) is 4.45. The predicted molar refractivity (Wildman–Crippen MR) is 80.0 cm³/mol. The zero-order valence-electron chi connectivity index (χ0n) is 12.4. The first-order valence-electron chi connectivity index (χ1n) is 7.24. The normalized spacial score (nSPS) is 11.9. The summed E-state index contributed by atoms with van der Waals surface area (Å²) in [5.74, 6) is 0.732. The molecule has 0 aliphatic rings. The van der Waals surface area contributed by atoms with Gasteiger partial charge < -0.3 is 10.3 Å². The SMILES string of the molecule is CCCn1cc(S(=O)(=O)NCCCCCCN)nc1C. The molecule has 1 aromatic rings. The highest BCUT2D eigenvalue weighted by Crippen LogP contribution is 2.10. The van der Waals surface area contributed by atoms with Crippen LogP contribution < -0.4 is 10.5 Å². The molecule has 0 bridgehead atoms. The number of nitrogens with two attached hydrogens (primary N) is 1. The lowest BCUT2D eigenvalue weighted by molar-refractivity contribution is 0.569. The summed E-state index contributed by atoms with van der Waals surface area (Å²) < 4.78 is 28.6. The fourth-order valence-corrected chi connectivity index (χ4v) is 3.06. The summed E-state index contributed by atoms with van der Waals surface area (Å²) in [7, 11) is -3.48. The Morgan fingerprint density at radius 2 is 2.00 bits per heavy atom. The lowest BCUT2D eigenvalue weighted by Crippen LogP contribution is -2.25. The quantitative estimate of drug-likeness (QED) is 0.639. The molecule has 116 valence electrons. The number of aryl methyl sites for hydroxylation is 2. The lowest BCUT2D eigenvalue weighted by atomic mass is 10.2. The molecule has 0 atom stereocenters. The highest BCUT2D eigenvalue weighted by atomic mass is 32.2. The van der Waals surface area contributed by atoms with Crippen LogP contribution in [0, 0.1) is 6.92 Å². The maximum Gasteiger partial charge on any atom is 0.259 e. The Morgan fingerprint density at radius 1 is 1.30 bits per heavy atom. The number of nitrogens with zero attached hydrogens (tertiary/aromatic N) is 2. The molecule has 0 saturated carbocycles. The highest BCUT2D eigenvalue weighted by molar-refractivity contribution is 7.89. The smallest absolute Gasteiger partial charge is 0.259 e. The first-order chi connectivity index (χ1) is 9.51. The number of hydrogen-bond acceptors (Lipinski definition) is 4. The standard InChI is InChI=1S/C13H26N4O2S/c1-3-10-17-11-13(16-12(17)2)20(18,19)15-9-7-5-4-6-8-14/h11,15H,3-10,14H2,1-2H3. The number of hydrogen-bond donors (Lipinski definition) is 2. The van der Waals surface area contributed by atoms with Crippen molar-refractivity contribution in [2.75, 3.05) is 13.1 Å². The maximum atomic E-state index is 12.1. The molecule has 0 unspecified atom stereocenters. The first kappa shape index (κ1) is 17.1. The van der Waals surface area contributed by atoms with Crippen LogP contribution in [0.2, 0.25) is 0 Å². The average molecular weight is 302 g/mol. The van der Waals surface area contributed by atoms with E-state index in [9.17, 15) is 8.42 Å². The highest BCUT2D eigenvalue weighted by Gasteiger charge is 2.18. The van der Waals surface area contributed by atoms with Crippen molar-refractivity contribution in [3.05, 3.63) is 12.0 Å². The second-order valence-electron chi connectivity index (χ2n) is 4.92. The molecule has 3 N–H and O–H groups in total. The molecule has 1 heterocycles. The number of aromatic nitrogens is 2. The van der Waals surface area contributed by atoms with Gasteiger partial charge in [0, 0.05) is 19.3 Å². The van der Waals surface area contributed by atoms with Gasteiger partial charge in [-0.2, -0.15) is 0 Å². The molecule has 0 aliphatic heterocycles. The largest absolute Gasteiger partial charge is 0.334 e. The van der Waals surface area contributed by atoms with Gasteiger partial charge in [-0.15, -0.1) is 0 Å². The molecular weight excluding hydrogens is 276 g/mol. The number of unbranched alkanes of at least 4 members (excludes halogenated alkanes) is 3. The second kappa shape index (κ2) is 8.39. The van der Waals surface area contributed by atoms with Crippen LogP contribution in [-0.2, 0) is 16.6 Å². The third-order valence-electron chi connectivity index (χ3n) is 3.12. The van der Waals surface area contributed by atoms with Crippen molar-refractivity contribution < 1.29 is 8.42 Å². The molecule has 20 heavy (non-hydrogen) atoms. The molecule has 0 spiro atoms. The summed E-state index contributed by atoms with van der Waals surface area (Å²) in [6.07, 6.45) is 6.41. The number of sulfonamides is 1. The van der Waals surface area contributed by atoms with Crippen LogP contribution in [0.3, 0.4) is 0 Å². The lowest BCUT2D eigenvalue weighted by Gasteiger charge is -2.04. The Bertz CT molecular complexity index is 496. The third kappa shape index (κ3) is 5.22. The summed E-state index contributed by atoms with van der Waals surface area (Å²) in [6.45, 7) is 5.80. The van der Waals surface area contributed by atoms with E-state index in [2.05, 4.69) is 9.71 Å². The van der Waals surface area contributed by atoms with E-state index < -0.39 is 10.0 Å². The van der Waals surface area contributed by atoms with E-state index in [1.54, 1.807) is 6.20 Å². The van der Waals surface area contributed by atoms with Gasteiger partial charge in [0.05, 0.1) is 0 Å². The summed E-state index contributed by atoms with van der Waals surface area (Å²) >= 11 is 0. The van der Waals surface area contributed by atoms with E-state index in [0.717, 1.165) is 44.5 Å². The van der Waals surface area contributed by atoms with Gasteiger partial charge in [0.2, 0.25) is 0 Å². The summed E-state index contributed by atoms with van der Waals surface area (Å²) in [5, 5.41) is 0.116. The predicted octanol–water partition coefficient (Wildman–Crippen LogP) is 1.40. The average Bonchev–Trinajstić information content (AvgIpc) is 2.77. The van der Waals surface area contributed by atoms with Crippen molar-refractivity contribution in [2.45, 2.75) is 57.5 Å². The Morgan fingerprint density at radius 3 is 2.65 bits per heavy atom. The molecule has 7 heteroatoms. The topological polar surface area (TPSA) is 90.0 Å². The zero-order chi connectivity index (χ0) is 15.0. The molecule has 1 aromatic heterocycles. The van der Waals surface area contributed by atoms with Crippen LogP contribution in [-0.4, -0.2) is 31.1 Å². The van der Waals surface area contributed by atoms with E-state index >= 15 is 0 Å². The molecule has 0 aliphatic carbocycles. The van der Waals surface area contributed by atoms with E-state index in [1.807, 2.05) is 18.4 Å². The Kier molecular flexibility index (Phi) is 7.18. The molecular formula is C13H26N4O2S. The molecule has 0 saturated heterocycles. The van der Waals surface area contributed by atoms with Crippen molar-refractivity contribution in [3.63, 3.8) is 0 Å². The van der Waals surface area contributed by atoms with E-state index in [1.165, 1.54) is 0 Å². The van der Waals surface area contributed by atoms with Gasteiger partial charge in [-0.3, -0.25) is 0 Å². The van der Waals surface area contributed by atoms with Gasteiger partial charge in [0.25, 0.3) is 10.0 Å². The van der Waals surface area contributed by atoms with Crippen molar-refractivity contribution in [2.24, 2.45) is 5.73 Å². The number of nitrogens with one attached hydrogen (secondary N) is 1. The number of imidazole rings is 1. The molecule has 0 fully saturated rings. The second-order valence-corrected chi connectivity index (χ2v) is 6.63. The summed E-state index contributed by atoms with van der Waals surface area (Å²) in [5.41, 5.74) is 5.41. The summed E-state index contributed by atoms with van der Waals surface area (Å²) in [6, 6.07) is 0. The van der Waals surface area contributed by atoms with Crippen molar-refractivity contribution in [3.8, 4) is 0 Å². The monoisotopic (exact) mass is 302 g/mol. The molecule has 0 amide bonds. The Hall–Kier alpha value is -0.920. The first-order valence-corrected chi connectivity index (χ1v) is 8.73. The van der Waals surface area contributed by atoms with Gasteiger partial charge >= 0.3 is 0 Å². The summed E-state index contributed by atoms with van der Waals surface area (Å²) in [4.78, 5) is 4.13. The van der Waals surface area contributed by atoms with Crippen LogP contribution in [0.15, 0.2) is 11.2 Å². The van der Waals surface area contributed by atoms with Crippen LogP contribution in [0.25, 0.3) is 0 Å².